The Morgan fingerprint density at radius 1 is 0.688 bits per heavy atom. The first-order valence-corrected chi connectivity index (χ1v) is 9.73. The van der Waals surface area contributed by atoms with E-state index in [0.717, 1.165) is 16.8 Å². The van der Waals surface area contributed by atoms with Crippen molar-refractivity contribution in [3.63, 3.8) is 0 Å². The number of rotatable bonds is 6. The summed E-state index contributed by atoms with van der Waals surface area (Å²) in [7, 11) is 0. The zero-order valence-electron chi connectivity index (χ0n) is 16.8. The van der Waals surface area contributed by atoms with E-state index in [0.29, 0.717) is 17.0 Å². The molecule has 158 valence electrons. The van der Waals surface area contributed by atoms with E-state index < -0.39 is 5.91 Å². The maximum absolute atomic E-state index is 12.5. The van der Waals surface area contributed by atoms with Gasteiger partial charge in [0.1, 0.15) is 0 Å². The van der Waals surface area contributed by atoms with Crippen LogP contribution >= 0.6 is 0 Å². The second kappa shape index (κ2) is 9.50. The van der Waals surface area contributed by atoms with Crippen molar-refractivity contribution >= 4 is 17.5 Å². The van der Waals surface area contributed by atoms with Crippen LogP contribution in [-0.4, -0.2) is 27.0 Å². The van der Waals surface area contributed by atoms with Crippen LogP contribution in [-0.2, 0) is 0 Å². The first-order valence-electron chi connectivity index (χ1n) is 9.73. The molecule has 4 rings (SSSR count). The Bertz CT molecular complexity index is 1230. The molecule has 0 spiro atoms. The van der Waals surface area contributed by atoms with Crippen molar-refractivity contribution in [3.8, 4) is 22.5 Å². The third-order valence-electron chi connectivity index (χ3n) is 4.74. The number of amides is 2. The molecule has 8 heteroatoms. The number of hydrogen-bond donors (Lipinski definition) is 4. The Morgan fingerprint density at radius 3 is 2.03 bits per heavy atom. The van der Waals surface area contributed by atoms with E-state index in [1.807, 2.05) is 54.6 Å². The molecule has 1 aromatic heterocycles. The van der Waals surface area contributed by atoms with Crippen LogP contribution in [0.2, 0.25) is 0 Å². The van der Waals surface area contributed by atoms with Crippen molar-refractivity contribution < 1.29 is 14.8 Å². The smallest absolute Gasteiger partial charge is 0.274 e. The maximum atomic E-state index is 12.5. The molecule has 0 bridgehead atoms. The normalized spacial score (nSPS) is 10.3. The number of carbonyl (C=O) groups excluding carboxylic acids is 2. The van der Waals surface area contributed by atoms with Gasteiger partial charge in [-0.15, -0.1) is 0 Å². The molecule has 0 aliphatic heterocycles. The number of nitrogens with one attached hydrogen (secondary N) is 3. The van der Waals surface area contributed by atoms with E-state index in [1.54, 1.807) is 29.7 Å². The molecule has 4 N–H and O–H groups in total. The van der Waals surface area contributed by atoms with E-state index in [2.05, 4.69) is 20.8 Å². The van der Waals surface area contributed by atoms with E-state index in [-0.39, 0.29) is 11.5 Å². The monoisotopic (exact) mass is 425 g/mol. The zero-order valence-corrected chi connectivity index (χ0v) is 16.8. The van der Waals surface area contributed by atoms with Crippen molar-refractivity contribution in [1.82, 2.24) is 20.9 Å². The van der Waals surface area contributed by atoms with Crippen LogP contribution < -0.4 is 16.3 Å². The first kappa shape index (κ1) is 20.7. The molecule has 0 aliphatic rings. The van der Waals surface area contributed by atoms with Gasteiger partial charge in [-0.25, -0.2) is 15.4 Å². The predicted molar refractivity (Wildman–Crippen MR) is 120 cm³/mol. The SMILES string of the molecule is O=C(NO)c1ccc(-c2ncc(C(=O)NNc3ccccc3-c3ccccc3)cn2)cc1. The molecule has 8 nitrogen and oxygen atoms in total. The maximum Gasteiger partial charge on any atom is 0.274 e. The fraction of sp³-hybridized carbons (Fsp3) is 0. The largest absolute Gasteiger partial charge is 0.298 e. The van der Waals surface area contributed by atoms with Crippen LogP contribution in [0.1, 0.15) is 20.7 Å². The topological polar surface area (TPSA) is 116 Å². The number of nitrogens with zero attached hydrogens (tertiary/aromatic N) is 2. The molecule has 1 heterocycles. The molecular formula is C24H19N5O3. The number of para-hydroxylation sites is 1. The van der Waals surface area contributed by atoms with Crippen molar-refractivity contribution in [2.24, 2.45) is 0 Å². The fourth-order valence-corrected chi connectivity index (χ4v) is 3.09. The Hall–Kier alpha value is -4.56. The number of hydroxylamine groups is 1. The summed E-state index contributed by atoms with van der Waals surface area (Å²) >= 11 is 0. The zero-order chi connectivity index (χ0) is 22.3. The molecule has 0 atom stereocenters. The number of hydrazine groups is 1. The minimum Gasteiger partial charge on any atom is -0.298 e. The summed E-state index contributed by atoms with van der Waals surface area (Å²) < 4.78 is 0. The lowest BCUT2D eigenvalue weighted by atomic mass is 10.0. The van der Waals surface area contributed by atoms with Crippen molar-refractivity contribution in [2.75, 3.05) is 5.43 Å². The molecule has 0 unspecified atom stereocenters. The van der Waals surface area contributed by atoms with E-state index in [9.17, 15) is 9.59 Å². The van der Waals surface area contributed by atoms with Crippen molar-refractivity contribution in [1.29, 1.82) is 0 Å². The van der Waals surface area contributed by atoms with Crippen molar-refractivity contribution in [3.05, 3.63) is 102 Å². The second-order valence-corrected chi connectivity index (χ2v) is 6.80. The number of benzene rings is 3. The third kappa shape index (κ3) is 4.61. The van der Waals surface area contributed by atoms with Gasteiger partial charge >= 0.3 is 0 Å². The molecule has 4 aromatic rings. The van der Waals surface area contributed by atoms with Gasteiger partial charge < -0.3 is 0 Å². The van der Waals surface area contributed by atoms with Crippen LogP contribution in [0.3, 0.4) is 0 Å². The molecule has 0 radical (unpaired) electrons. The van der Waals surface area contributed by atoms with Gasteiger partial charge in [0.2, 0.25) is 0 Å². The average Bonchev–Trinajstić information content (AvgIpc) is 2.87. The minimum absolute atomic E-state index is 0.287. The third-order valence-corrected chi connectivity index (χ3v) is 4.74. The molecule has 0 aliphatic carbocycles. The van der Waals surface area contributed by atoms with Crippen LogP contribution in [0.25, 0.3) is 22.5 Å². The summed E-state index contributed by atoms with van der Waals surface area (Å²) in [5.41, 5.74) is 11.2. The predicted octanol–water partition coefficient (Wildman–Crippen LogP) is 3.69. The second-order valence-electron chi connectivity index (χ2n) is 6.80. The van der Waals surface area contributed by atoms with Gasteiger partial charge in [-0.3, -0.25) is 25.6 Å². The summed E-state index contributed by atoms with van der Waals surface area (Å²) in [4.78, 5) is 32.4. The summed E-state index contributed by atoms with van der Waals surface area (Å²) in [5, 5.41) is 8.68. The number of anilines is 1. The highest BCUT2D eigenvalue weighted by Gasteiger charge is 2.11. The van der Waals surface area contributed by atoms with E-state index >= 15 is 0 Å². The van der Waals surface area contributed by atoms with Gasteiger partial charge in [-0.05, 0) is 23.8 Å². The van der Waals surface area contributed by atoms with Crippen LogP contribution in [0.5, 0.6) is 0 Å². The van der Waals surface area contributed by atoms with E-state index in [4.69, 9.17) is 5.21 Å². The molecule has 32 heavy (non-hydrogen) atoms. The van der Waals surface area contributed by atoms with Gasteiger partial charge in [0, 0.05) is 29.1 Å². The molecule has 0 saturated heterocycles. The van der Waals surface area contributed by atoms with Gasteiger partial charge in [-0.2, -0.15) is 0 Å². The highest BCUT2D eigenvalue weighted by molar-refractivity contribution is 5.95. The molecule has 3 aromatic carbocycles. The number of carbonyl (C=O) groups is 2. The number of hydrogen-bond acceptors (Lipinski definition) is 6. The van der Waals surface area contributed by atoms with Gasteiger partial charge in [0.05, 0.1) is 11.3 Å². The lowest BCUT2D eigenvalue weighted by Crippen LogP contribution is -2.29. The Labute approximate surface area is 183 Å². The highest BCUT2D eigenvalue weighted by Crippen LogP contribution is 2.27. The van der Waals surface area contributed by atoms with Crippen LogP contribution in [0.4, 0.5) is 5.69 Å². The van der Waals surface area contributed by atoms with E-state index in [1.165, 1.54) is 12.4 Å². The van der Waals surface area contributed by atoms with Gasteiger partial charge in [0.25, 0.3) is 11.8 Å². The quantitative estimate of drug-likeness (QED) is 0.277. The van der Waals surface area contributed by atoms with Gasteiger partial charge in [-0.1, -0.05) is 60.7 Å². The van der Waals surface area contributed by atoms with Crippen LogP contribution in [0, 0.1) is 0 Å². The summed E-state index contributed by atoms with van der Waals surface area (Å²) in [6.45, 7) is 0. The Kier molecular flexibility index (Phi) is 6.15. The summed E-state index contributed by atoms with van der Waals surface area (Å²) in [6.07, 6.45) is 2.85. The lowest BCUT2D eigenvalue weighted by molar-refractivity contribution is 0.0706. The number of aromatic nitrogens is 2. The fourth-order valence-electron chi connectivity index (χ4n) is 3.09. The summed E-state index contributed by atoms with van der Waals surface area (Å²) in [6, 6.07) is 23.9. The lowest BCUT2D eigenvalue weighted by Gasteiger charge is -2.13. The van der Waals surface area contributed by atoms with Crippen molar-refractivity contribution in [2.45, 2.75) is 0 Å². The average molecular weight is 425 g/mol. The molecular weight excluding hydrogens is 406 g/mol. The highest BCUT2D eigenvalue weighted by atomic mass is 16.5. The van der Waals surface area contributed by atoms with Gasteiger partial charge in [0.15, 0.2) is 5.82 Å². The molecule has 0 fully saturated rings. The summed E-state index contributed by atoms with van der Waals surface area (Å²) in [5.74, 6) is -0.583. The van der Waals surface area contributed by atoms with Crippen LogP contribution in [0.15, 0.2) is 91.3 Å². The Balaban J connectivity index is 1.44. The molecule has 2 amide bonds. The first-order chi connectivity index (χ1) is 15.7. The standard InChI is InChI=1S/C24H19N5O3/c30-23(28-27-21-9-5-4-8-20(21)16-6-2-1-3-7-16)19-14-25-22(26-15-19)17-10-12-18(13-11-17)24(31)29-32/h1-15,27,32H,(H,28,30)(H,29,31). The Morgan fingerprint density at radius 2 is 1.34 bits per heavy atom. The molecule has 0 saturated carbocycles. The minimum atomic E-state index is -0.606.